The Morgan fingerprint density at radius 1 is 1.48 bits per heavy atom. The van der Waals surface area contributed by atoms with Crippen LogP contribution in [0.3, 0.4) is 0 Å². The standard InChI is InChI=1S/C18H21N3O2/c1-3-23-20-18(22)12-7-14-13-5-4-6-15-17(13)11(9-19-15)8-16(14)21(2)10-12/h4-7,9,12,16,19H,3,8,10H2,1-2H3,(H,20,22). The molecule has 2 heterocycles. The van der Waals surface area contributed by atoms with E-state index in [1.165, 1.54) is 27.6 Å². The van der Waals surface area contributed by atoms with Crippen molar-refractivity contribution in [2.75, 3.05) is 20.2 Å². The molecule has 2 unspecified atom stereocenters. The van der Waals surface area contributed by atoms with Crippen molar-refractivity contribution in [3.63, 3.8) is 0 Å². The third-order valence-electron chi connectivity index (χ3n) is 4.92. The molecule has 5 heteroatoms. The van der Waals surface area contributed by atoms with Crippen molar-refractivity contribution in [3.8, 4) is 0 Å². The van der Waals surface area contributed by atoms with Crippen LogP contribution in [-0.4, -0.2) is 42.0 Å². The van der Waals surface area contributed by atoms with E-state index in [1.807, 2.05) is 6.92 Å². The van der Waals surface area contributed by atoms with Gasteiger partial charge in [0.25, 0.3) is 5.91 Å². The molecule has 1 aliphatic carbocycles. The molecule has 5 nitrogen and oxygen atoms in total. The Kier molecular flexibility index (Phi) is 3.47. The minimum Gasteiger partial charge on any atom is -0.361 e. The molecule has 0 spiro atoms. The third kappa shape index (κ3) is 2.28. The van der Waals surface area contributed by atoms with Gasteiger partial charge in [-0.1, -0.05) is 18.2 Å². The Bertz CT molecular complexity index is 793. The van der Waals surface area contributed by atoms with Gasteiger partial charge in [-0.05, 0) is 43.2 Å². The lowest BCUT2D eigenvalue weighted by atomic mass is 9.80. The molecule has 120 valence electrons. The van der Waals surface area contributed by atoms with Gasteiger partial charge in [-0.25, -0.2) is 5.48 Å². The lowest BCUT2D eigenvalue weighted by Gasteiger charge is -2.39. The second kappa shape index (κ2) is 5.51. The number of aromatic amines is 1. The second-order valence-corrected chi connectivity index (χ2v) is 6.33. The molecule has 2 aliphatic rings. The van der Waals surface area contributed by atoms with Crippen LogP contribution in [-0.2, 0) is 16.1 Å². The maximum Gasteiger partial charge on any atom is 0.251 e. The first-order chi connectivity index (χ1) is 11.2. The van der Waals surface area contributed by atoms with Gasteiger partial charge in [-0.2, -0.15) is 0 Å². The van der Waals surface area contributed by atoms with E-state index in [9.17, 15) is 4.79 Å². The summed E-state index contributed by atoms with van der Waals surface area (Å²) < 4.78 is 0. The van der Waals surface area contributed by atoms with Gasteiger partial charge in [0.15, 0.2) is 0 Å². The van der Waals surface area contributed by atoms with Gasteiger partial charge in [0.1, 0.15) is 0 Å². The average Bonchev–Trinajstić information content (AvgIpc) is 2.98. The normalized spacial score (nSPS) is 23.5. The van der Waals surface area contributed by atoms with Crippen LogP contribution in [0.25, 0.3) is 16.5 Å². The zero-order chi connectivity index (χ0) is 16.0. The maximum absolute atomic E-state index is 12.3. The van der Waals surface area contributed by atoms with Crippen LogP contribution in [0.4, 0.5) is 0 Å². The summed E-state index contributed by atoms with van der Waals surface area (Å²) in [4.78, 5) is 23.0. The molecule has 1 aromatic carbocycles. The predicted molar refractivity (Wildman–Crippen MR) is 89.7 cm³/mol. The van der Waals surface area contributed by atoms with Crippen LogP contribution in [0.2, 0.25) is 0 Å². The third-order valence-corrected chi connectivity index (χ3v) is 4.92. The highest BCUT2D eigenvalue weighted by molar-refractivity contribution is 5.99. The fourth-order valence-corrected chi connectivity index (χ4v) is 3.83. The summed E-state index contributed by atoms with van der Waals surface area (Å²) in [5, 5.41) is 1.30. The van der Waals surface area contributed by atoms with Crippen molar-refractivity contribution >= 4 is 22.4 Å². The number of hydrogen-bond acceptors (Lipinski definition) is 3. The zero-order valence-electron chi connectivity index (χ0n) is 13.4. The van der Waals surface area contributed by atoms with Crippen LogP contribution in [0.1, 0.15) is 18.1 Å². The molecule has 0 saturated heterocycles. The lowest BCUT2D eigenvalue weighted by Crippen LogP contribution is -2.46. The lowest BCUT2D eigenvalue weighted by molar-refractivity contribution is -0.136. The van der Waals surface area contributed by atoms with E-state index in [2.05, 4.69) is 52.9 Å². The Balaban J connectivity index is 1.77. The van der Waals surface area contributed by atoms with Gasteiger partial charge in [0.2, 0.25) is 0 Å². The predicted octanol–water partition coefficient (Wildman–Crippen LogP) is 2.11. The first-order valence-corrected chi connectivity index (χ1v) is 8.12. The first kappa shape index (κ1) is 14.5. The van der Waals surface area contributed by atoms with Gasteiger partial charge in [0.05, 0.1) is 12.5 Å². The first-order valence-electron chi connectivity index (χ1n) is 8.12. The summed E-state index contributed by atoms with van der Waals surface area (Å²) in [7, 11) is 2.09. The fourth-order valence-electron chi connectivity index (χ4n) is 3.83. The number of hydroxylamine groups is 1. The maximum atomic E-state index is 12.3. The molecule has 2 aromatic rings. The molecule has 0 bridgehead atoms. The molecule has 0 saturated carbocycles. The van der Waals surface area contributed by atoms with Crippen molar-refractivity contribution in [2.45, 2.75) is 19.4 Å². The van der Waals surface area contributed by atoms with Gasteiger partial charge in [-0.3, -0.25) is 14.5 Å². The number of amides is 1. The molecule has 1 aliphatic heterocycles. The number of aromatic nitrogens is 1. The van der Waals surface area contributed by atoms with Crippen molar-refractivity contribution in [2.24, 2.45) is 5.92 Å². The van der Waals surface area contributed by atoms with Crippen LogP contribution >= 0.6 is 0 Å². The molecule has 4 rings (SSSR count). The number of likely N-dealkylation sites (N-methyl/N-ethyl adjacent to an activating group) is 1. The van der Waals surface area contributed by atoms with Crippen LogP contribution < -0.4 is 5.48 Å². The minimum absolute atomic E-state index is 0.0725. The monoisotopic (exact) mass is 311 g/mol. The largest absolute Gasteiger partial charge is 0.361 e. The molecular formula is C18H21N3O2. The van der Waals surface area contributed by atoms with Crippen LogP contribution in [0, 0.1) is 5.92 Å². The van der Waals surface area contributed by atoms with E-state index in [4.69, 9.17) is 4.84 Å². The molecule has 1 amide bonds. The second-order valence-electron chi connectivity index (χ2n) is 6.33. The Morgan fingerprint density at radius 3 is 3.17 bits per heavy atom. The summed E-state index contributed by atoms with van der Waals surface area (Å²) in [6, 6.07) is 6.68. The number of nitrogens with one attached hydrogen (secondary N) is 2. The smallest absolute Gasteiger partial charge is 0.251 e. The number of fused-ring (bicyclic) bond motifs is 2. The Labute approximate surface area is 135 Å². The number of hydrogen-bond donors (Lipinski definition) is 2. The summed E-state index contributed by atoms with van der Waals surface area (Å²) in [6.45, 7) is 3.04. The van der Waals surface area contributed by atoms with E-state index in [1.54, 1.807) is 0 Å². The van der Waals surface area contributed by atoms with E-state index in [0.29, 0.717) is 19.2 Å². The molecule has 23 heavy (non-hydrogen) atoms. The topological polar surface area (TPSA) is 57.4 Å². The zero-order valence-corrected chi connectivity index (χ0v) is 13.4. The van der Waals surface area contributed by atoms with Crippen molar-refractivity contribution in [3.05, 3.63) is 41.6 Å². The molecule has 0 fully saturated rings. The van der Waals surface area contributed by atoms with Gasteiger partial charge in [0, 0.05) is 29.7 Å². The minimum atomic E-state index is -0.187. The Hall–Kier alpha value is -2.11. The van der Waals surface area contributed by atoms with E-state index < -0.39 is 0 Å². The van der Waals surface area contributed by atoms with Gasteiger partial charge < -0.3 is 4.98 Å². The van der Waals surface area contributed by atoms with Gasteiger partial charge >= 0.3 is 0 Å². The SMILES string of the molecule is CCONC(=O)C1C=C2c3cccc4[nH]cc(c34)CC2N(C)C1. The van der Waals surface area contributed by atoms with Gasteiger partial charge in [-0.15, -0.1) is 0 Å². The average molecular weight is 311 g/mol. The fraction of sp³-hybridized carbons (Fsp3) is 0.389. The highest BCUT2D eigenvalue weighted by Gasteiger charge is 2.35. The molecule has 1 aromatic heterocycles. The molecule has 2 atom stereocenters. The summed E-state index contributed by atoms with van der Waals surface area (Å²) >= 11 is 0. The highest BCUT2D eigenvalue weighted by Crippen LogP contribution is 2.40. The summed E-state index contributed by atoms with van der Waals surface area (Å²) in [6.07, 6.45) is 5.23. The summed E-state index contributed by atoms with van der Waals surface area (Å²) in [5.74, 6) is -0.259. The quantitative estimate of drug-likeness (QED) is 0.854. The number of carbonyl (C=O) groups excluding carboxylic acids is 1. The van der Waals surface area contributed by atoms with E-state index in [-0.39, 0.29) is 11.8 Å². The summed E-state index contributed by atoms with van der Waals surface area (Å²) in [5.41, 5.74) is 7.57. The van der Waals surface area contributed by atoms with E-state index >= 15 is 0 Å². The number of H-pyrrole nitrogens is 1. The number of carbonyl (C=O) groups is 1. The van der Waals surface area contributed by atoms with Crippen molar-refractivity contribution in [1.82, 2.24) is 15.4 Å². The number of benzene rings is 1. The Morgan fingerprint density at radius 2 is 2.35 bits per heavy atom. The van der Waals surface area contributed by atoms with E-state index in [0.717, 1.165) is 6.42 Å². The molecular weight excluding hydrogens is 290 g/mol. The highest BCUT2D eigenvalue weighted by atomic mass is 16.6. The van der Waals surface area contributed by atoms with Crippen LogP contribution in [0.15, 0.2) is 30.5 Å². The molecule has 2 N–H and O–H groups in total. The number of rotatable bonds is 3. The van der Waals surface area contributed by atoms with Crippen molar-refractivity contribution in [1.29, 1.82) is 0 Å². The van der Waals surface area contributed by atoms with Crippen molar-refractivity contribution < 1.29 is 9.63 Å². The molecule has 0 radical (unpaired) electrons. The number of nitrogens with zero attached hydrogens (tertiary/aromatic N) is 1. The van der Waals surface area contributed by atoms with Crippen LogP contribution in [0.5, 0.6) is 0 Å².